The maximum atomic E-state index is 14.6. The van der Waals surface area contributed by atoms with Gasteiger partial charge in [-0.15, -0.1) is 5.10 Å². The van der Waals surface area contributed by atoms with Crippen LogP contribution in [0, 0.1) is 29.2 Å². The molecule has 4 rings (SSSR count). The Morgan fingerprint density at radius 3 is 2.35 bits per heavy atom. The van der Waals surface area contributed by atoms with Crippen LogP contribution < -0.4 is 15.4 Å². The second-order valence-corrected chi connectivity index (χ2v) is 8.23. The summed E-state index contributed by atoms with van der Waals surface area (Å²) >= 11 is 0. The van der Waals surface area contributed by atoms with E-state index in [2.05, 4.69) is 20.8 Å². The van der Waals surface area contributed by atoms with E-state index in [1.807, 2.05) is 0 Å². The van der Waals surface area contributed by atoms with Crippen molar-refractivity contribution in [2.24, 2.45) is 5.92 Å². The van der Waals surface area contributed by atoms with Crippen LogP contribution in [0.1, 0.15) is 43.3 Å². The number of benzene rings is 2. The zero-order valence-corrected chi connectivity index (χ0v) is 19.5. The Kier molecular flexibility index (Phi) is 7.89. The van der Waals surface area contributed by atoms with Gasteiger partial charge in [0.2, 0.25) is 0 Å². The first-order valence-corrected chi connectivity index (χ1v) is 11.4. The van der Waals surface area contributed by atoms with Crippen molar-refractivity contribution >= 4 is 29.3 Å². The van der Waals surface area contributed by atoms with Gasteiger partial charge in [0.15, 0.2) is 17.5 Å². The van der Waals surface area contributed by atoms with E-state index in [1.54, 1.807) is 6.92 Å². The minimum Gasteiger partial charge on any atom is -0.490 e. The SMILES string of the molecule is CCOC(=O)C1CCC(Oc2ccc(NC(=O)c3nnc(Nc4cc(F)c(F)c(F)c4)o3)c(F)c2)CC1. The first-order valence-electron chi connectivity index (χ1n) is 11.4. The molecular formula is C24H22F4N4O5. The van der Waals surface area contributed by atoms with Gasteiger partial charge < -0.3 is 24.5 Å². The van der Waals surface area contributed by atoms with Crippen molar-refractivity contribution in [2.45, 2.75) is 38.7 Å². The zero-order chi connectivity index (χ0) is 26.5. The normalized spacial score (nSPS) is 17.2. The van der Waals surface area contributed by atoms with Gasteiger partial charge in [0, 0.05) is 23.9 Å². The second kappa shape index (κ2) is 11.3. The fourth-order valence-electron chi connectivity index (χ4n) is 3.83. The third-order valence-electron chi connectivity index (χ3n) is 5.64. The highest BCUT2D eigenvalue weighted by Crippen LogP contribution is 2.30. The molecule has 0 bridgehead atoms. The molecule has 0 radical (unpaired) electrons. The molecule has 0 spiro atoms. The second-order valence-electron chi connectivity index (χ2n) is 8.23. The van der Waals surface area contributed by atoms with E-state index < -0.39 is 41.1 Å². The third kappa shape index (κ3) is 6.35. The standard InChI is InChI=1S/C24H22F4N4O5/c1-2-35-23(34)12-3-5-14(6-4-12)36-15-7-8-19(16(25)11-15)30-21(33)22-31-32-24(37-22)29-13-9-17(26)20(28)18(27)10-13/h7-12,14H,2-6H2,1H3,(H,29,32)(H,30,33). The molecule has 1 fully saturated rings. The molecule has 0 unspecified atom stereocenters. The quantitative estimate of drug-likeness (QED) is 0.238. The molecule has 1 saturated carbocycles. The average Bonchev–Trinajstić information content (AvgIpc) is 3.33. The number of nitrogens with zero attached hydrogens (tertiary/aromatic N) is 2. The number of rotatable bonds is 8. The lowest BCUT2D eigenvalue weighted by molar-refractivity contribution is -0.149. The van der Waals surface area contributed by atoms with Gasteiger partial charge in [-0.3, -0.25) is 9.59 Å². The predicted molar refractivity (Wildman–Crippen MR) is 121 cm³/mol. The molecule has 3 aromatic rings. The van der Waals surface area contributed by atoms with Gasteiger partial charge in [-0.25, -0.2) is 17.6 Å². The lowest BCUT2D eigenvalue weighted by Gasteiger charge is -2.27. The van der Waals surface area contributed by atoms with Crippen LogP contribution in [0.2, 0.25) is 0 Å². The van der Waals surface area contributed by atoms with Crippen LogP contribution in [0.4, 0.5) is 35.0 Å². The first-order chi connectivity index (χ1) is 17.7. The van der Waals surface area contributed by atoms with Crippen molar-refractivity contribution in [2.75, 3.05) is 17.2 Å². The summed E-state index contributed by atoms with van der Waals surface area (Å²) in [6, 6.07) is 4.81. The largest absolute Gasteiger partial charge is 0.490 e. The molecule has 0 aliphatic heterocycles. The number of ether oxygens (including phenoxy) is 2. The molecule has 1 aliphatic rings. The summed E-state index contributed by atoms with van der Waals surface area (Å²) in [4.78, 5) is 24.2. The number of carbonyl (C=O) groups is 2. The summed E-state index contributed by atoms with van der Waals surface area (Å²) in [5.41, 5.74) is -0.415. The van der Waals surface area contributed by atoms with E-state index in [4.69, 9.17) is 13.9 Å². The Balaban J connectivity index is 1.32. The van der Waals surface area contributed by atoms with Crippen LogP contribution in [0.5, 0.6) is 5.75 Å². The van der Waals surface area contributed by atoms with Gasteiger partial charge in [-0.2, -0.15) is 0 Å². The first kappa shape index (κ1) is 25.9. The van der Waals surface area contributed by atoms with Crippen molar-refractivity contribution in [3.05, 3.63) is 59.5 Å². The fourth-order valence-corrected chi connectivity index (χ4v) is 3.83. The lowest BCUT2D eigenvalue weighted by Crippen LogP contribution is -2.29. The number of aromatic nitrogens is 2. The molecule has 196 valence electrons. The number of anilines is 3. The molecule has 13 heteroatoms. The molecule has 1 aliphatic carbocycles. The van der Waals surface area contributed by atoms with E-state index in [-0.39, 0.29) is 35.1 Å². The van der Waals surface area contributed by atoms with Crippen LogP contribution in [0.25, 0.3) is 0 Å². The molecule has 37 heavy (non-hydrogen) atoms. The molecule has 1 aromatic heterocycles. The summed E-state index contributed by atoms with van der Waals surface area (Å²) in [6.07, 6.45) is 2.29. The summed E-state index contributed by atoms with van der Waals surface area (Å²) < 4.78 is 70.3. The Morgan fingerprint density at radius 1 is 1.00 bits per heavy atom. The number of carbonyl (C=O) groups excluding carboxylic acids is 2. The molecule has 2 aromatic carbocycles. The maximum absolute atomic E-state index is 14.6. The Morgan fingerprint density at radius 2 is 1.70 bits per heavy atom. The number of nitrogens with one attached hydrogen (secondary N) is 2. The topological polar surface area (TPSA) is 116 Å². The van der Waals surface area contributed by atoms with Gasteiger partial charge in [-0.1, -0.05) is 5.10 Å². The van der Waals surface area contributed by atoms with E-state index in [9.17, 15) is 27.2 Å². The van der Waals surface area contributed by atoms with E-state index in [1.165, 1.54) is 12.1 Å². The van der Waals surface area contributed by atoms with Gasteiger partial charge in [0.05, 0.1) is 24.3 Å². The zero-order valence-electron chi connectivity index (χ0n) is 19.5. The number of amides is 1. The predicted octanol–water partition coefficient (Wildman–Crippen LogP) is 5.12. The maximum Gasteiger partial charge on any atom is 0.320 e. The Bertz CT molecular complexity index is 1270. The van der Waals surface area contributed by atoms with Gasteiger partial charge >= 0.3 is 23.8 Å². The number of halogens is 4. The van der Waals surface area contributed by atoms with E-state index in [0.29, 0.717) is 44.4 Å². The van der Waals surface area contributed by atoms with Crippen molar-refractivity contribution in [1.29, 1.82) is 0 Å². The fraction of sp³-hybridized carbons (Fsp3) is 0.333. The number of esters is 1. The average molecular weight is 522 g/mol. The third-order valence-corrected chi connectivity index (χ3v) is 5.64. The Labute approximate surface area is 208 Å². The summed E-state index contributed by atoms with van der Waals surface area (Å²) in [7, 11) is 0. The van der Waals surface area contributed by atoms with Gasteiger partial charge in [0.1, 0.15) is 11.6 Å². The van der Waals surface area contributed by atoms with Crippen molar-refractivity contribution in [3.63, 3.8) is 0 Å². The monoisotopic (exact) mass is 522 g/mol. The van der Waals surface area contributed by atoms with Crippen LogP contribution in [0.15, 0.2) is 34.7 Å². The minimum absolute atomic E-state index is 0.160. The van der Waals surface area contributed by atoms with Crippen molar-refractivity contribution < 1.29 is 41.0 Å². The number of hydrogen-bond donors (Lipinski definition) is 2. The highest BCUT2D eigenvalue weighted by Gasteiger charge is 2.28. The minimum atomic E-state index is -1.64. The highest BCUT2D eigenvalue weighted by molar-refractivity contribution is 6.01. The van der Waals surface area contributed by atoms with E-state index >= 15 is 0 Å². The smallest absolute Gasteiger partial charge is 0.320 e. The van der Waals surface area contributed by atoms with Crippen molar-refractivity contribution in [1.82, 2.24) is 10.2 Å². The number of hydrogen-bond acceptors (Lipinski definition) is 8. The molecule has 1 amide bonds. The van der Waals surface area contributed by atoms with E-state index in [0.717, 1.165) is 6.07 Å². The summed E-state index contributed by atoms with van der Waals surface area (Å²) in [5, 5.41) is 11.6. The van der Waals surface area contributed by atoms with Crippen LogP contribution in [0.3, 0.4) is 0 Å². The van der Waals surface area contributed by atoms with Crippen LogP contribution >= 0.6 is 0 Å². The molecule has 9 nitrogen and oxygen atoms in total. The molecular weight excluding hydrogens is 500 g/mol. The Hall–Kier alpha value is -4.16. The molecule has 2 N–H and O–H groups in total. The van der Waals surface area contributed by atoms with Crippen LogP contribution in [-0.4, -0.2) is 34.8 Å². The highest BCUT2D eigenvalue weighted by atomic mass is 19.2. The van der Waals surface area contributed by atoms with Crippen LogP contribution in [-0.2, 0) is 9.53 Å². The molecule has 0 saturated heterocycles. The van der Waals surface area contributed by atoms with Gasteiger partial charge in [0.25, 0.3) is 0 Å². The van der Waals surface area contributed by atoms with Crippen molar-refractivity contribution in [3.8, 4) is 5.75 Å². The summed E-state index contributed by atoms with van der Waals surface area (Å²) in [5.74, 6) is -6.91. The van der Waals surface area contributed by atoms with Gasteiger partial charge in [-0.05, 0) is 44.7 Å². The molecule has 0 atom stereocenters. The summed E-state index contributed by atoms with van der Waals surface area (Å²) in [6.45, 7) is 2.09. The molecule has 1 heterocycles. The lowest BCUT2D eigenvalue weighted by atomic mass is 9.87.